The monoisotopic (exact) mass is 243 g/mol. The van der Waals surface area contributed by atoms with Crippen LogP contribution < -0.4 is 0 Å². The Hall–Kier alpha value is -1.51. The highest BCUT2D eigenvalue weighted by molar-refractivity contribution is 5.33. The van der Waals surface area contributed by atoms with E-state index in [4.69, 9.17) is 14.6 Å². The zero-order valence-corrected chi connectivity index (χ0v) is 9.28. The van der Waals surface area contributed by atoms with Crippen molar-refractivity contribution >= 4 is 5.69 Å². The zero-order chi connectivity index (χ0) is 12.4. The molecule has 0 bridgehead atoms. The smallest absolute Gasteiger partial charge is 0.315 e. The Morgan fingerprint density at radius 1 is 1.65 bits per heavy atom. The van der Waals surface area contributed by atoms with E-state index in [1.165, 1.54) is 10.9 Å². The van der Waals surface area contributed by atoms with Crippen molar-refractivity contribution in [3.63, 3.8) is 0 Å². The molecule has 1 aliphatic rings. The number of nitrogens with zero attached hydrogens (tertiary/aromatic N) is 3. The Morgan fingerprint density at radius 3 is 2.82 bits per heavy atom. The van der Waals surface area contributed by atoms with E-state index in [1.54, 1.807) is 7.05 Å². The standard InChI is InChI=1S/C9H13N3O5/c1-11-8(7(2-10-11)12(14)15)9-16-4-6(3-13)5-17-9/h2,6,9,13H,3-5H2,1H3/t6-,9+. The highest BCUT2D eigenvalue weighted by Gasteiger charge is 2.32. The van der Waals surface area contributed by atoms with Crippen LogP contribution in [0.5, 0.6) is 0 Å². The van der Waals surface area contributed by atoms with Crippen LogP contribution in [0.1, 0.15) is 12.0 Å². The molecule has 1 N–H and O–H groups in total. The van der Waals surface area contributed by atoms with Crippen LogP contribution in [0.2, 0.25) is 0 Å². The van der Waals surface area contributed by atoms with Crippen LogP contribution in [0.15, 0.2) is 6.20 Å². The topological polar surface area (TPSA) is 99.7 Å². The number of aryl methyl sites for hydroxylation is 1. The van der Waals surface area contributed by atoms with Gasteiger partial charge < -0.3 is 14.6 Å². The quantitative estimate of drug-likeness (QED) is 0.591. The maximum absolute atomic E-state index is 10.8. The molecule has 0 saturated carbocycles. The molecule has 1 saturated heterocycles. The number of ether oxygens (including phenoxy) is 2. The highest BCUT2D eigenvalue weighted by atomic mass is 16.7. The van der Waals surface area contributed by atoms with Crippen LogP contribution in [-0.2, 0) is 16.5 Å². The molecule has 8 heteroatoms. The van der Waals surface area contributed by atoms with Gasteiger partial charge in [-0.05, 0) is 0 Å². The summed E-state index contributed by atoms with van der Waals surface area (Å²) in [6.45, 7) is 0.590. The Bertz CT molecular complexity index is 411. The van der Waals surface area contributed by atoms with Crippen LogP contribution in [0, 0.1) is 16.0 Å². The molecule has 1 fully saturated rings. The van der Waals surface area contributed by atoms with Crippen molar-refractivity contribution in [1.29, 1.82) is 0 Å². The molecule has 0 aliphatic carbocycles. The summed E-state index contributed by atoms with van der Waals surface area (Å²) in [5.41, 5.74) is 0.159. The van der Waals surface area contributed by atoms with Gasteiger partial charge in [-0.2, -0.15) is 5.10 Å². The fraction of sp³-hybridized carbons (Fsp3) is 0.667. The fourth-order valence-electron chi connectivity index (χ4n) is 1.66. The predicted octanol–water partition coefficient (Wildman–Crippen LogP) is -0.0178. The van der Waals surface area contributed by atoms with E-state index in [2.05, 4.69) is 5.10 Å². The number of hydrogen-bond acceptors (Lipinski definition) is 6. The Balaban J connectivity index is 2.18. The first-order valence-corrected chi connectivity index (χ1v) is 5.13. The van der Waals surface area contributed by atoms with Gasteiger partial charge >= 0.3 is 5.69 Å². The van der Waals surface area contributed by atoms with Gasteiger partial charge in [0, 0.05) is 13.0 Å². The number of aromatic nitrogens is 2. The number of nitro groups is 1. The fourth-order valence-corrected chi connectivity index (χ4v) is 1.66. The largest absolute Gasteiger partial charge is 0.396 e. The number of aliphatic hydroxyl groups is 1. The predicted molar refractivity (Wildman–Crippen MR) is 55.1 cm³/mol. The van der Waals surface area contributed by atoms with Crippen LogP contribution in [-0.4, -0.2) is 39.6 Å². The van der Waals surface area contributed by atoms with Gasteiger partial charge in [-0.15, -0.1) is 0 Å². The average molecular weight is 243 g/mol. The lowest BCUT2D eigenvalue weighted by atomic mass is 10.2. The average Bonchev–Trinajstić information content (AvgIpc) is 2.71. The van der Waals surface area contributed by atoms with E-state index in [0.717, 1.165) is 0 Å². The summed E-state index contributed by atoms with van der Waals surface area (Å²) in [7, 11) is 1.59. The van der Waals surface area contributed by atoms with E-state index in [0.29, 0.717) is 13.2 Å². The Labute approximate surface area is 96.9 Å². The van der Waals surface area contributed by atoms with E-state index >= 15 is 0 Å². The first-order chi connectivity index (χ1) is 8.13. The number of aliphatic hydroxyl groups excluding tert-OH is 1. The second-order valence-corrected chi connectivity index (χ2v) is 3.84. The molecule has 0 amide bonds. The second kappa shape index (κ2) is 4.78. The van der Waals surface area contributed by atoms with Crippen molar-refractivity contribution in [3.8, 4) is 0 Å². The third-order valence-corrected chi connectivity index (χ3v) is 2.61. The van der Waals surface area contributed by atoms with E-state index in [-0.39, 0.29) is 23.9 Å². The number of hydrogen-bond donors (Lipinski definition) is 1. The van der Waals surface area contributed by atoms with E-state index < -0.39 is 11.2 Å². The van der Waals surface area contributed by atoms with Crippen molar-refractivity contribution in [2.75, 3.05) is 19.8 Å². The van der Waals surface area contributed by atoms with Crippen molar-refractivity contribution in [2.45, 2.75) is 6.29 Å². The minimum Gasteiger partial charge on any atom is -0.396 e. The SMILES string of the molecule is Cn1ncc([N+](=O)[O-])c1[C@H]1OC[C@@H](CO)CO1. The summed E-state index contributed by atoms with van der Waals surface area (Å²) in [4.78, 5) is 10.3. The van der Waals surface area contributed by atoms with E-state index in [1.807, 2.05) is 0 Å². The maximum Gasteiger partial charge on any atom is 0.315 e. The summed E-state index contributed by atoms with van der Waals surface area (Å²) in [5, 5.41) is 23.5. The van der Waals surface area contributed by atoms with Crippen LogP contribution in [0.25, 0.3) is 0 Å². The zero-order valence-electron chi connectivity index (χ0n) is 9.28. The van der Waals surface area contributed by atoms with Crippen molar-refractivity contribution < 1.29 is 19.5 Å². The van der Waals surface area contributed by atoms with Gasteiger partial charge in [-0.25, -0.2) is 0 Å². The van der Waals surface area contributed by atoms with Gasteiger partial charge in [0.1, 0.15) is 6.20 Å². The van der Waals surface area contributed by atoms with Crippen LogP contribution in [0.3, 0.4) is 0 Å². The molecule has 8 nitrogen and oxygen atoms in total. The molecular weight excluding hydrogens is 230 g/mol. The van der Waals surface area contributed by atoms with Crippen LogP contribution >= 0.6 is 0 Å². The normalized spacial score (nSPS) is 24.8. The summed E-state index contributed by atoms with van der Waals surface area (Å²) in [6, 6.07) is 0. The molecule has 0 spiro atoms. The van der Waals surface area contributed by atoms with Gasteiger partial charge in [0.15, 0.2) is 5.69 Å². The minimum atomic E-state index is -0.800. The molecule has 1 aliphatic heterocycles. The van der Waals surface area contributed by atoms with Gasteiger partial charge in [-0.1, -0.05) is 0 Å². The maximum atomic E-state index is 10.8. The molecule has 94 valence electrons. The molecule has 0 radical (unpaired) electrons. The minimum absolute atomic E-state index is 0.0276. The van der Waals surface area contributed by atoms with Gasteiger partial charge in [0.05, 0.1) is 24.7 Å². The van der Waals surface area contributed by atoms with Gasteiger partial charge in [-0.3, -0.25) is 14.8 Å². The molecule has 0 atom stereocenters. The highest BCUT2D eigenvalue weighted by Crippen LogP contribution is 2.30. The van der Waals surface area contributed by atoms with Crippen molar-refractivity contribution in [1.82, 2.24) is 9.78 Å². The first kappa shape index (κ1) is 12.0. The van der Waals surface area contributed by atoms with Gasteiger partial charge in [0.2, 0.25) is 6.29 Å². The van der Waals surface area contributed by atoms with Crippen molar-refractivity contribution in [2.24, 2.45) is 13.0 Å². The molecule has 0 unspecified atom stereocenters. The second-order valence-electron chi connectivity index (χ2n) is 3.84. The Kier molecular flexibility index (Phi) is 3.36. The number of rotatable bonds is 3. The first-order valence-electron chi connectivity index (χ1n) is 5.13. The Morgan fingerprint density at radius 2 is 2.29 bits per heavy atom. The molecule has 1 aromatic heterocycles. The summed E-state index contributed by atoms with van der Waals surface area (Å²) < 4.78 is 12.1. The van der Waals surface area contributed by atoms with Crippen molar-refractivity contribution in [3.05, 3.63) is 22.0 Å². The lowest BCUT2D eigenvalue weighted by Crippen LogP contribution is -2.30. The summed E-state index contributed by atoms with van der Waals surface area (Å²) >= 11 is 0. The molecule has 1 aromatic rings. The third-order valence-electron chi connectivity index (χ3n) is 2.61. The van der Waals surface area contributed by atoms with E-state index in [9.17, 15) is 10.1 Å². The summed E-state index contributed by atoms with van der Waals surface area (Å²) in [6.07, 6.45) is 0.367. The van der Waals surface area contributed by atoms with Gasteiger partial charge in [0.25, 0.3) is 0 Å². The molecule has 17 heavy (non-hydrogen) atoms. The molecular formula is C9H13N3O5. The molecule has 0 aromatic carbocycles. The van der Waals surface area contributed by atoms with Crippen LogP contribution in [0.4, 0.5) is 5.69 Å². The molecule has 2 heterocycles. The third kappa shape index (κ3) is 2.28. The lowest BCUT2D eigenvalue weighted by molar-refractivity contribution is -0.387. The lowest BCUT2D eigenvalue weighted by Gasteiger charge is -2.27. The summed E-state index contributed by atoms with van der Waals surface area (Å²) in [5.74, 6) is -0.0847. The molecule has 2 rings (SSSR count).